The van der Waals surface area contributed by atoms with E-state index in [4.69, 9.17) is 5.73 Å². The molecule has 0 aliphatic rings. The summed E-state index contributed by atoms with van der Waals surface area (Å²) in [5, 5.41) is 19.2. The molecule has 0 aromatic heterocycles. The van der Waals surface area contributed by atoms with E-state index in [-0.39, 0.29) is 18.5 Å². The topological polar surface area (TPSA) is 83.6 Å². The maximum atomic E-state index is 13.0. The molecule has 0 fully saturated rings. The van der Waals surface area contributed by atoms with Gasteiger partial charge in [0.15, 0.2) is 6.29 Å². The summed E-state index contributed by atoms with van der Waals surface area (Å²) in [5.41, 5.74) is 5.39. The molecule has 0 saturated heterocycles. The zero-order valence-corrected chi connectivity index (χ0v) is 8.64. The fourth-order valence-electron chi connectivity index (χ4n) is 1.39. The summed E-state index contributed by atoms with van der Waals surface area (Å²) in [6.45, 7) is 0.236. The first-order chi connectivity index (χ1) is 7.60. The Balaban J connectivity index is 2.91. The minimum absolute atomic E-state index is 0.142. The normalized spacial score (nSPS) is 14.5. The molecule has 0 radical (unpaired) electrons. The van der Waals surface area contributed by atoms with Crippen molar-refractivity contribution in [2.24, 2.45) is 5.73 Å². The average molecular weight is 227 g/mol. The highest BCUT2D eigenvalue weighted by atomic mass is 19.1. The van der Waals surface area contributed by atoms with Crippen LogP contribution in [0.15, 0.2) is 18.2 Å². The molecular weight excluding hydrogens is 213 g/mol. The molecule has 0 spiro atoms. The first-order valence-corrected chi connectivity index (χ1v) is 4.91. The van der Waals surface area contributed by atoms with Gasteiger partial charge in [-0.2, -0.15) is 0 Å². The number of hydrogen-bond donors (Lipinski definition) is 3. The van der Waals surface area contributed by atoms with Gasteiger partial charge < -0.3 is 15.9 Å². The van der Waals surface area contributed by atoms with E-state index in [1.165, 1.54) is 12.1 Å². The molecule has 5 heteroatoms. The minimum atomic E-state index is -1.16. The Kier molecular flexibility index (Phi) is 4.54. The maximum Gasteiger partial charge on any atom is 0.153 e. The molecule has 0 aliphatic heterocycles. The Labute approximate surface area is 92.5 Å². The molecule has 1 rings (SSSR count). The number of hydrogen-bond acceptors (Lipinski definition) is 4. The molecule has 0 aliphatic carbocycles. The van der Waals surface area contributed by atoms with Crippen LogP contribution >= 0.6 is 0 Å². The van der Waals surface area contributed by atoms with Gasteiger partial charge in [0.25, 0.3) is 0 Å². The molecule has 88 valence electrons. The van der Waals surface area contributed by atoms with Crippen molar-refractivity contribution in [3.63, 3.8) is 0 Å². The standard InChI is InChI=1S/C11H14FNO3/c12-9-2-1-7(5-8(9)6-14)11(16)10(15)3-4-13/h1-2,5-6,10-11,15-16H,3-4,13H2. The van der Waals surface area contributed by atoms with Crippen LogP contribution in [-0.4, -0.2) is 29.1 Å². The van der Waals surface area contributed by atoms with Crippen molar-refractivity contribution in [3.8, 4) is 0 Å². The van der Waals surface area contributed by atoms with Crippen LogP contribution in [0.25, 0.3) is 0 Å². The number of benzene rings is 1. The lowest BCUT2D eigenvalue weighted by Crippen LogP contribution is -2.21. The van der Waals surface area contributed by atoms with Gasteiger partial charge in [0.05, 0.1) is 11.7 Å². The zero-order valence-electron chi connectivity index (χ0n) is 8.64. The molecule has 0 bridgehead atoms. The Hall–Kier alpha value is -1.30. The lowest BCUT2D eigenvalue weighted by atomic mass is 10.0. The van der Waals surface area contributed by atoms with Gasteiger partial charge in [-0.1, -0.05) is 6.07 Å². The number of carbonyl (C=O) groups excluding carboxylic acids is 1. The molecule has 1 aromatic carbocycles. The van der Waals surface area contributed by atoms with E-state index in [1.54, 1.807) is 0 Å². The largest absolute Gasteiger partial charge is 0.390 e. The highest BCUT2D eigenvalue weighted by Gasteiger charge is 2.18. The lowest BCUT2D eigenvalue weighted by Gasteiger charge is -2.17. The summed E-state index contributed by atoms with van der Waals surface area (Å²) in [7, 11) is 0. The molecule has 0 amide bonds. The zero-order chi connectivity index (χ0) is 12.1. The van der Waals surface area contributed by atoms with E-state index in [1.807, 2.05) is 0 Å². The fourth-order valence-corrected chi connectivity index (χ4v) is 1.39. The summed E-state index contributed by atoms with van der Waals surface area (Å²) >= 11 is 0. The first kappa shape index (κ1) is 12.8. The van der Waals surface area contributed by atoms with Crippen LogP contribution < -0.4 is 5.73 Å². The molecule has 2 atom stereocenters. The summed E-state index contributed by atoms with van der Waals surface area (Å²) in [4.78, 5) is 10.5. The van der Waals surface area contributed by atoms with Crippen molar-refractivity contribution < 1.29 is 19.4 Å². The van der Waals surface area contributed by atoms with Gasteiger partial charge in [-0.15, -0.1) is 0 Å². The van der Waals surface area contributed by atoms with Crippen LogP contribution in [0.2, 0.25) is 0 Å². The molecule has 0 heterocycles. The van der Waals surface area contributed by atoms with Gasteiger partial charge in [-0.25, -0.2) is 4.39 Å². The predicted octanol–water partition coefficient (Wildman–Crippen LogP) is 0.381. The van der Waals surface area contributed by atoms with Gasteiger partial charge >= 0.3 is 0 Å². The van der Waals surface area contributed by atoms with E-state index in [0.717, 1.165) is 6.07 Å². The highest BCUT2D eigenvalue weighted by Crippen LogP contribution is 2.20. The third-order valence-corrected chi connectivity index (χ3v) is 2.32. The Morgan fingerprint density at radius 1 is 1.44 bits per heavy atom. The average Bonchev–Trinajstić information content (AvgIpc) is 2.29. The van der Waals surface area contributed by atoms with Crippen LogP contribution in [0.1, 0.15) is 28.4 Å². The van der Waals surface area contributed by atoms with Crippen molar-refractivity contribution in [1.82, 2.24) is 0 Å². The monoisotopic (exact) mass is 227 g/mol. The quantitative estimate of drug-likeness (QED) is 0.635. The number of aliphatic hydroxyl groups is 2. The molecule has 1 aromatic rings. The molecule has 16 heavy (non-hydrogen) atoms. The molecule has 4 N–H and O–H groups in total. The van der Waals surface area contributed by atoms with E-state index < -0.39 is 18.0 Å². The highest BCUT2D eigenvalue weighted by molar-refractivity contribution is 5.75. The number of halogens is 1. The summed E-state index contributed by atoms with van der Waals surface area (Å²) < 4.78 is 13.0. The second-order valence-electron chi connectivity index (χ2n) is 3.49. The van der Waals surface area contributed by atoms with Crippen molar-refractivity contribution in [2.45, 2.75) is 18.6 Å². The smallest absolute Gasteiger partial charge is 0.153 e. The maximum absolute atomic E-state index is 13.0. The molecule has 0 saturated carbocycles. The summed E-state index contributed by atoms with van der Waals surface area (Å²) in [6, 6.07) is 3.62. The second kappa shape index (κ2) is 5.69. The predicted molar refractivity (Wildman–Crippen MR) is 56.4 cm³/mol. The Bertz CT molecular complexity index is 370. The van der Waals surface area contributed by atoms with Crippen LogP contribution in [0.4, 0.5) is 4.39 Å². The lowest BCUT2D eigenvalue weighted by molar-refractivity contribution is 0.0149. The third-order valence-electron chi connectivity index (χ3n) is 2.32. The fraction of sp³-hybridized carbons (Fsp3) is 0.364. The van der Waals surface area contributed by atoms with Crippen LogP contribution in [0.3, 0.4) is 0 Å². The third kappa shape index (κ3) is 2.85. The first-order valence-electron chi connectivity index (χ1n) is 4.91. The van der Waals surface area contributed by atoms with E-state index in [9.17, 15) is 19.4 Å². The SMILES string of the molecule is NCCC(O)C(O)c1ccc(F)c(C=O)c1. The van der Waals surface area contributed by atoms with Gasteiger partial charge in [0.1, 0.15) is 11.9 Å². The Morgan fingerprint density at radius 3 is 2.69 bits per heavy atom. The van der Waals surface area contributed by atoms with Gasteiger partial charge in [-0.3, -0.25) is 4.79 Å². The molecular formula is C11H14FNO3. The Morgan fingerprint density at radius 2 is 2.12 bits per heavy atom. The van der Waals surface area contributed by atoms with Crippen molar-refractivity contribution in [3.05, 3.63) is 35.1 Å². The van der Waals surface area contributed by atoms with E-state index in [0.29, 0.717) is 11.8 Å². The molecule has 4 nitrogen and oxygen atoms in total. The van der Waals surface area contributed by atoms with Crippen LogP contribution in [0.5, 0.6) is 0 Å². The summed E-state index contributed by atoms with van der Waals surface area (Å²) in [5.74, 6) is -0.653. The van der Waals surface area contributed by atoms with Gasteiger partial charge in [0.2, 0.25) is 0 Å². The second-order valence-corrected chi connectivity index (χ2v) is 3.49. The summed E-state index contributed by atoms with van der Waals surface area (Å²) in [6.07, 6.45) is -1.59. The number of nitrogens with two attached hydrogens (primary N) is 1. The number of aliphatic hydroxyl groups excluding tert-OH is 2. The number of rotatable bonds is 5. The van der Waals surface area contributed by atoms with Gasteiger partial charge in [-0.05, 0) is 30.7 Å². The number of aldehydes is 1. The number of carbonyl (C=O) groups is 1. The van der Waals surface area contributed by atoms with E-state index >= 15 is 0 Å². The van der Waals surface area contributed by atoms with Crippen LogP contribution in [-0.2, 0) is 0 Å². The van der Waals surface area contributed by atoms with Gasteiger partial charge in [0, 0.05) is 0 Å². The van der Waals surface area contributed by atoms with Crippen molar-refractivity contribution in [1.29, 1.82) is 0 Å². The minimum Gasteiger partial charge on any atom is -0.390 e. The van der Waals surface area contributed by atoms with Crippen molar-refractivity contribution >= 4 is 6.29 Å². The van der Waals surface area contributed by atoms with Crippen molar-refractivity contribution in [2.75, 3.05) is 6.54 Å². The van der Waals surface area contributed by atoms with Crippen LogP contribution in [0, 0.1) is 5.82 Å². The molecule has 2 unspecified atom stereocenters. The van der Waals surface area contributed by atoms with E-state index in [2.05, 4.69) is 0 Å².